The molecule has 154 valence electrons. The molecule has 0 aromatic carbocycles. The highest BCUT2D eigenvalue weighted by Crippen LogP contribution is 2.40. The molecule has 2 saturated heterocycles. The van der Waals surface area contributed by atoms with E-state index in [2.05, 4.69) is 4.90 Å². The van der Waals surface area contributed by atoms with Crippen molar-refractivity contribution in [1.82, 2.24) is 9.80 Å². The van der Waals surface area contributed by atoms with Gasteiger partial charge in [0.05, 0.1) is 11.7 Å². The fourth-order valence-corrected chi connectivity index (χ4v) is 5.31. The van der Waals surface area contributed by atoms with Crippen LogP contribution in [-0.4, -0.2) is 59.5 Å². The summed E-state index contributed by atoms with van der Waals surface area (Å²) in [6.07, 6.45) is 11.6. The fourth-order valence-electron chi connectivity index (χ4n) is 5.31. The van der Waals surface area contributed by atoms with Crippen molar-refractivity contribution in [3.63, 3.8) is 0 Å². The monoisotopic (exact) mass is 378 g/mol. The van der Waals surface area contributed by atoms with Crippen LogP contribution in [0.25, 0.3) is 0 Å². The maximum Gasteiger partial charge on any atom is 0.225 e. The molecule has 3 fully saturated rings. The average Bonchev–Trinajstić information content (AvgIpc) is 3.09. The molecule has 1 aliphatic carbocycles. The van der Waals surface area contributed by atoms with Crippen LogP contribution in [0.4, 0.5) is 0 Å². The van der Waals surface area contributed by atoms with E-state index in [4.69, 9.17) is 4.74 Å². The van der Waals surface area contributed by atoms with Crippen LogP contribution in [0.1, 0.15) is 84.5 Å². The van der Waals surface area contributed by atoms with Gasteiger partial charge in [-0.05, 0) is 58.8 Å². The number of hydrogen-bond donors (Lipinski definition) is 0. The summed E-state index contributed by atoms with van der Waals surface area (Å²) < 4.78 is 6.49. The van der Waals surface area contributed by atoms with Gasteiger partial charge in [0.15, 0.2) is 0 Å². The summed E-state index contributed by atoms with van der Waals surface area (Å²) in [7, 11) is 0. The van der Waals surface area contributed by atoms with E-state index in [0.29, 0.717) is 12.3 Å². The molecule has 3 rings (SSSR count). The van der Waals surface area contributed by atoms with Crippen LogP contribution in [0.3, 0.4) is 0 Å². The lowest BCUT2D eigenvalue weighted by Gasteiger charge is -2.42. The van der Waals surface area contributed by atoms with Gasteiger partial charge in [0, 0.05) is 38.5 Å². The summed E-state index contributed by atoms with van der Waals surface area (Å²) in [5.74, 6) is 0.859. The second-order valence-corrected chi connectivity index (χ2v) is 8.76. The van der Waals surface area contributed by atoms with Gasteiger partial charge in [-0.3, -0.25) is 9.59 Å². The van der Waals surface area contributed by atoms with Crippen molar-refractivity contribution in [2.75, 3.05) is 26.2 Å². The molecule has 2 aliphatic heterocycles. The number of ether oxygens (including phenoxy) is 1. The highest BCUT2D eigenvalue weighted by Gasteiger charge is 2.44. The number of likely N-dealkylation sites (tertiary alicyclic amines) is 1. The number of piperidine rings is 1. The first-order valence-corrected chi connectivity index (χ1v) is 11.3. The van der Waals surface area contributed by atoms with E-state index in [1.54, 1.807) is 0 Å². The van der Waals surface area contributed by atoms with Gasteiger partial charge < -0.3 is 14.5 Å². The largest absolute Gasteiger partial charge is 0.370 e. The van der Waals surface area contributed by atoms with Gasteiger partial charge in [0.1, 0.15) is 0 Å². The standard InChI is InChI=1S/C22H38N2O3/c1-3-23(4-2)20(25)12-11-19-13-15-22(27-19)14-8-16-24(17-22)21(26)18-9-6-5-7-10-18/h18-19H,3-17H2,1-2H3/t19-,22+/m1/s1. The molecule has 0 unspecified atom stereocenters. The number of amides is 2. The molecule has 5 heteroatoms. The van der Waals surface area contributed by atoms with E-state index in [0.717, 1.165) is 71.1 Å². The first-order valence-electron chi connectivity index (χ1n) is 11.3. The second kappa shape index (κ2) is 9.40. The van der Waals surface area contributed by atoms with Crippen LogP contribution in [0.5, 0.6) is 0 Å². The number of carbonyl (C=O) groups excluding carboxylic acids is 2. The Morgan fingerprint density at radius 3 is 2.48 bits per heavy atom. The highest BCUT2D eigenvalue weighted by atomic mass is 16.5. The Morgan fingerprint density at radius 1 is 1.04 bits per heavy atom. The summed E-state index contributed by atoms with van der Waals surface area (Å²) in [6.45, 7) is 7.28. The van der Waals surface area contributed by atoms with Crippen LogP contribution in [0, 0.1) is 5.92 Å². The zero-order chi connectivity index (χ0) is 19.3. The Labute approximate surface area is 164 Å². The summed E-state index contributed by atoms with van der Waals surface area (Å²) in [6, 6.07) is 0. The second-order valence-electron chi connectivity index (χ2n) is 8.76. The molecule has 0 bridgehead atoms. The topological polar surface area (TPSA) is 49.9 Å². The SMILES string of the molecule is CCN(CC)C(=O)CC[C@@H]1CC[C@]2(CCCN(C(=O)C3CCCCC3)C2)O1. The van der Waals surface area contributed by atoms with Crippen molar-refractivity contribution in [2.24, 2.45) is 5.92 Å². The number of hydrogen-bond acceptors (Lipinski definition) is 3. The van der Waals surface area contributed by atoms with E-state index in [1.165, 1.54) is 19.3 Å². The third-order valence-electron chi connectivity index (χ3n) is 6.94. The number of nitrogens with zero attached hydrogens (tertiary/aromatic N) is 2. The molecule has 0 radical (unpaired) electrons. The molecule has 3 aliphatic rings. The number of carbonyl (C=O) groups is 2. The molecule has 2 atom stereocenters. The minimum Gasteiger partial charge on any atom is -0.370 e. The molecule has 0 aromatic rings. The Balaban J connectivity index is 1.50. The van der Waals surface area contributed by atoms with Crippen LogP contribution >= 0.6 is 0 Å². The van der Waals surface area contributed by atoms with Crippen molar-refractivity contribution in [2.45, 2.75) is 96.2 Å². The predicted octanol–water partition coefficient (Wildman–Crippen LogP) is 3.76. The normalized spacial score (nSPS) is 29.3. The van der Waals surface area contributed by atoms with E-state index >= 15 is 0 Å². The minimum absolute atomic E-state index is 0.147. The summed E-state index contributed by atoms with van der Waals surface area (Å²) in [5, 5.41) is 0. The maximum atomic E-state index is 13.0. The predicted molar refractivity (Wildman–Crippen MR) is 106 cm³/mol. The summed E-state index contributed by atoms with van der Waals surface area (Å²) in [4.78, 5) is 29.2. The molecular weight excluding hydrogens is 340 g/mol. The highest BCUT2D eigenvalue weighted by molar-refractivity contribution is 5.79. The van der Waals surface area contributed by atoms with Gasteiger partial charge in [-0.15, -0.1) is 0 Å². The van der Waals surface area contributed by atoms with Gasteiger partial charge in [-0.2, -0.15) is 0 Å². The quantitative estimate of drug-likeness (QED) is 0.707. The fraction of sp³-hybridized carbons (Fsp3) is 0.909. The van der Waals surface area contributed by atoms with Crippen LogP contribution < -0.4 is 0 Å². The first kappa shape index (κ1) is 20.6. The first-order chi connectivity index (χ1) is 13.1. The van der Waals surface area contributed by atoms with Gasteiger partial charge in [-0.25, -0.2) is 0 Å². The lowest BCUT2D eigenvalue weighted by Crippen LogP contribution is -2.52. The smallest absolute Gasteiger partial charge is 0.225 e. The molecule has 27 heavy (non-hydrogen) atoms. The Morgan fingerprint density at radius 2 is 1.78 bits per heavy atom. The Kier molecular flexibility index (Phi) is 7.18. The van der Waals surface area contributed by atoms with E-state index < -0.39 is 0 Å². The molecule has 2 amide bonds. The number of rotatable bonds is 6. The van der Waals surface area contributed by atoms with E-state index in [9.17, 15) is 9.59 Å². The summed E-state index contributed by atoms with van der Waals surface area (Å²) in [5.41, 5.74) is -0.147. The average molecular weight is 379 g/mol. The maximum absolute atomic E-state index is 13.0. The lowest BCUT2D eigenvalue weighted by molar-refractivity contribution is -0.147. The Bertz CT molecular complexity index is 514. The van der Waals surface area contributed by atoms with E-state index in [1.807, 2.05) is 18.7 Å². The molecule has 0 N–H and O–H groups in total. The van der Waals surface area contributed by atoms with E-state index in [-0.39, 0.29) is 23.5 Å². The molecule has 1 spiro atoms. The van der Waals surface area contributed by atoms with Crippen LogP contribution in [0.15, 0.2) is 0 Å². The van der Waals surface area contributed by atoms with Crippen molar-refractivity contribution in [1.29, 1.82) is 0 Å². The third-order valence-corrected chi connectivity index (χ3v) is 6.94. The summed E-state index contributed by atoms with van der Waals surface area (Å²) >= 11 is 0. The third kappa shape index (κ3) is 5.04. The molecule has 2 heterocycles. The molecule has 1 saturated carbocycles. The molecule has 0 aromatic heterocycles. The van der Waals surface area contributed by atoms with Crippen molar-refractivity contribution >= 4 is 11.8 Å². The van der Waals surface area contributed by atoms with Gasteiger partial charge in [-0.1, -0.05) is 19.3 Å². The van der Waals surface area contributed by atoms with Crippen molar-refractivity contribution in [3.05, 3.63) is 0 Å². The molecular formula is C22H38N2O3. The zero-order valence-electron chi connectivity index (χ0n) is 17.4. The minimum atomic E-state index is -0.147. The molecule has 5 nitrogen and oxygen atoms in total. The van der Waals surface area contributed by atoms with Crippen LogP contribution in [0.2, 0.25) is 0 Å². The van der Waals surface area contributed by atoms with Gasteiger partial charge in [0.2, 0.25) is 11.8 Å². The van der Waals surface area contributed by atoms with Crippen LogP contribution in [-0.2, 0) is 14.3 Å². The van der Waals surface area contributed by atoms with Crippen molar-refractivity contribution < 1.29 is 14.3 Å². The van der Waals surface area contributed by atoms with Crippen molar-refractivity contribution in [3.8, 4) is 0 Å². The lowest BCUT2D eigenvalue weighted by atomic mass is 9.85. The van der Waals surface area contributed by atoms with Gasteiger partial charge >= 0.3 is 0 Å². The van der Waals surface area contributed by atoms with Gasteiger partial charge in [0.25, 0.3) is 0 Å². The Hall–Kier alpha value is -1.10. The zero-order valence-corrected chi connectivity index (χ0v) is 17.4.